The van der Waals surface area contributed by atoms with Crippen LogP contribution in [0.25, 0.3) is 5.57 Å². The molecule has 1 N–H and O–H groups in total. The maximum atomic E-state index is 9.68. The standard InChI is InChI=1S/C13H16O2/c1-4-10-8(2)5-9-6-12(14)13(15-3)7-11(9)10/h6-7,14H,4-5H2,1-3H3. The number of hydrogen-bond acceptors (Lipinski definition) is 2. The minimum atomic E-state index is 0.237. The van der Waals surface area contributed by atoms with Gasteiger partial charge in [-0.1, -0.05) is 12.5 Å². The molecule has 0 spiro atoms. The maximum Gasteiger partial charge on any atom is 0.161 e. The Balaban J connectivity index is 2.55. The monoisotopic (exact) mass is 204 g/mol. The first-order valence-corrected chi connectivity index (χ1v) is 5.26. The van der Waals surface area contributed by atoms with Crippen molar-refractivity contribution in [1.82, 2.24) is 0 Å². The molecule has 2 heteroatoms. The zero-order chi connectivity index (χ0) is 11.0. The molecule has 0 saturated heterocycles. The summed E-state index contributed by atoms with van der Waals surface area (Å²) in [5.41, 5.74) is 5.25. The summed E-state index contributed by atoms with van der Waals surface area (Å²) in [6.45, 7) is 4.32. The van der Waals surface area contributed by atoms with E-state index in [-0.39, 0.29) is 5.75 Å². The smallest absolute Gasteiger partial charge is 0.161 e. The van der Waals surface area contributed by atoms with Crippen molar-refractivity contribution in [1.29, 1.82) is 0 Å². The number of fused-ring (bicyclic) bond motifs is 1. The van der Waals surface area contributed by atoms with Crippen LogP contribution in [-0.4, -0.2) is 12.2 Å². The number of ether oxygens (including phenoxy) is 1. The number of allylic oxidation sites excluding steroid dienone is 2. The van der Waals surface area contributed by atoms with Gasteiger partial charge in [0.05, 0.1) is 7.11 Å². The summed E-state index contributed by atoms with van der Waals surface area (Å²) in [6.07, 6.45) is 1.99. The van der Waals surface area contributed by atoms with E-state index < -0.39 is 0 Å². The van der Waals surface area contributed by atoms with E-state index in [0.717, 1.165) is 12.8 Å². The van der Waals surface area contributed by atoms with Crippen LogP contribution in [0.1, 0.15) is 31.4 Å². The van der Waals surface area contributed by atoms with Gasteiger partial charge in [0.25, 0.3) is 0 Å². The molecule has 1 aromatic rings. The summed E-state index contributed by atoms with van der Waals surface area (Å²) in [7, 11) is 1.58. The molecule has 1 aromatic carbocycles. The molecule has 2 rings (SSSR count). The van der Waals surface area contributed by atoms with Gasteiger partial charge in [-0.05, 0) is 48.6 Å². The van der Waals surface area contributed by atoms with Crippen molar-refractivity contribution in [2.75, 3.05) is 7.11 Å². The van der Waals surface area contributed by atoms with Crippen LogP contribution >= 0.6 is 0 Å². The van der Waals surface area contributed by atoms with Crippen molar-refractivity contribution < 1.29 is 9.84 Å². The minimum absolute atomic E-state index is 0.237. The molecule has 0 heterocycles. The van der Waals surface area contributed by atoms with Gasteiger partial charge < -0.3 is 9.84 Å². The van der Waals surface area contributed by atoms with Gasteiger partial charge in [-0.2, -0.15) is 0 Å². The zero-order valence-corrected chi connectivity index (χ0v) is 9.42. The lowest BCUT2D eigenvalue weighted by atomic mass is 10.0. The summed E-state index contributed by atoms with van der Waals surface area (Å²) in [5, 5.41) is 9.68. The molecule has 2 nitrogen and oxygen atoms in total. The molecule has 0 unspecified atom stereocenters. The van der Waals surface area contributed by atoms with Crippen LogP contribution in [0.4, 0.5) is 0 Å². The third-order valence-electron chi connectivity index (χ3n) is 3.05. The van der Waals surface area contributed by atoms with Crippen molar-refractivity contribution in [2.45, 2.75) is 26.7 Å². The normalized spacial score (nSPS) is 14.3. The van der Waals surface area contributed by atoms with Crippen LogP contribution in [0.5, 0.6) is 11.5 Å². The number of aromatic hydroxyl groups is 1. The van der Waals surface area contributed by atoms with Gasteiger partial charge in [-0.25, -0.2) is 0 Å². The maximum absolute atomic E-state index is 9.68. The molecule has 0 fully saturated rings. The average molecular weight is 204 g/mol. The molecular weight excluding hydrogens is 188 g/mol. The molecular formula is C13H16O2. The Morgan fingerprint density at radius 3 is 2.73 bits per heavy atom. The summed E-state index contributed by atoms with van der Waals surface area (Å²) in [5.74, 6) is 0.802. The van der Waals surface area contributed by atoms with E-state index >= 15 is 0 Å². The Morgan fingerprint density at radius 1 is 1.40 bits per heavy atom. The predicted octanol–water partition coefficient (Wildman–Crippen LogP) is 3.14. The Morgan fingerprint density at radius 2 is 2.13 bits per heavy atom. The molecule has 0 aromatic heterocycles. The van der Waals surface area contributed by atoms with Crippen molar-refractivity contribution in [3.8, 4) is 11.5 Å². The Labute approximate surface area is 90.2 Å². The fraction of sp³-hybridized carbons (Fsp3) is 0.385. The van der Waals surface area contributed by atoms with Crippen LogP contribution in [-0.2, 0) is 6.42 Å². The van der Waals surface area contributed by atoms with Crippen LogP contribution < -0.4 is 4.74 Å². The van der Waals surface area contributed by atoms with Gasteiger partial charge in [0.2, 0.25) is 0 Å². The molecule has 1 aliphatic carbocycles. The number of phenolic OH excluding ortho intramolecular Hbond substituents is 1. The van der Waals surface area contributed by atoms with Gasteiger partial charge >= 0.3 is 0 Å². The second-order valence-electron chi connectivity index (χ2n) is 3.97. The van der Waals surface area contributed by atoms with Crippen molar-refractivity contribution >= 4 is 5.57 Å². The number of benzene rings is 1. The first-order valence-electron chi connectivity index (χ1n) is 5.26. The third-order valence-corrected chi connectivity index (χ3v) is 3.05. The molecule has 0 amide bonds. The number of hydrogen-bond donors (Lipinski definition) is 1. The van der Waals surface area contributed by atoms with E-state index in [0.29, 0.717) is 5.75 Å². The van der Waals surface area contributed by atoms with Crippen molar-refractivity contribution in [3.05, 3.63) is 28.8 Å². The Hall–Kier alpha value is -1.44. The summed E-state index contributed by atoms with van der Waals surface area (Å²) in [4.78, 5) is 0. The van der Waals surface area contributed by atoms with Crippen LogP contribution in [0, 0.1) is 0 Å². The fourth-order valence-corrected chi connectivity index (χ4v) is 2.32. The highest BCUT2D eigenvalue weighted by atomic mass is 16.5. The van der Waals surface area contributed by atoms with Gasteiger partial charge in [0, 0.05) is 0 Å². The fourth-order valence-electron chi connectivity index (χ4n) is 2.32. The summed E-state index contributed by atoms with van der Waals surface area (Å²) in [6, 6.07) is 3.76. The third kappa shape index (κ3) is 1.50. The second-order valence-corrected chi connectivity index (χ2v) is 3.97. The highest BCUT2D eigenvalue weighted by Crippen LogP contribution is 2.40. The zero-order valence-electron chi connectivity index (χ0n) is 9.42. The average Bonchev–Trinajstić information content (AvgIpc) is 2.51. The Kier molecular flexibility index (Phi) is 2.43. The topological polar surface area (TPSA) is 29.5 Å². The minimum Gasteiger partial charge on any atom is -0.504 e. The quantitative estimate of drug-likeness (QED) is 0.802. The highest BCUT2D eigenvalue weighted by molar-refractivity contribution is 5.77. The molecule has 0 aliphatic heterocycles. The van der Waals surface area contributed by atoms with Gasteiger partial charge in [0.15, 0.2) is 11.5 Å². The lowest BCUT2D eigenvalue weighted by Gasteiger charge is -2.08. The predicted molar refractivity (Wildman–Crippen MR) is 61.2 cm³/mol. The molecule has 80 valence electrons. The summed E-state index contributed by atoms with van der Waals surface area (Å²) >= 11 is 0. The van der Waals surface area contributed by atoms with E-state index in [1.54, 1.807) is 7.11 Å². The summed E-state index contributed by atoms with van der Waals surface area (Å²) < 4.78 is 5.13. The van der Waals surface area contributed by atoms with E-state index in [9.17, 15) is 5.11 Å². The first-order chi connectivity index (χ1) is 7.17. The molecule has 1 aliphatic rings. The second kappa shape index (κ2) is 3.61. The van der Waals surface area contributed by atoms with Gasteiger partial charge in [-0.3, -0.25) is 0 Å². The molecule has 0 bridgehead atoms. The van der Waals surface area contributed by atoms with Gasteiger partial charge in [-0.15, -0.1) is 0 Å². The van der Waals surface area contributed by atoms with E-state index in [2.05, 4.69) is 13.8 Å². The van der Waals surface area contributed by atoms with Crippen LogP contribution in [0.2, 0.25) is 0 Å². The van der Waals surface area contributed by atoms with E-state index in [1.807, 2.05) is 12.1 Å². The van der Waals surface area contributed by atoms with Crippen molar-refractivity contribution in [2.24, 2.45) is 0 Å². The highest BCUT2D eigenvalue weighted by Gasteiger charge is 2.19. The first kappa shape index (κ1) is 10.1. The molecule has 0 radical (unpaired) electrons. The van der Waals surface area contributed by atoms with Gasteiger partial charge in [0.1, 0.15) is 0 Å². The number of methoxy groups -OCH3 is 1. The molecule has 15 heavy (non-hydrogen) atoms. The number of rotatable bonds is 2. The largest absolute Gasteiger partial charge is 0.504 e. The van der Waals surface area contributed by atoms with E-state index in [4.69, 9.17) is 4.74 Å². The van der Waals surface area contributed by atoms with Crippen LogP contribution in [0.15, 0.2) is 17.7 Å². The lowest BCUT2D eigenvalue weighted by Crippen LogP contribution is -1.89. The molecule has 0 saturated carbocycles. The van der Waals surface area contributed by atoms with Crippen LogP contribution in [0.3, 0.4) is 0 Å². The van der Waals surface area contributed by atoms with Crippen molar-refractivity contribution in [3.63, 3.8) is 0 Å². The number of phenols is 1. The lowest BCUT2D eigenvalue weighted by molar-refractivity contribution is 0.373. The molecule has 0 atom stereocenters. The SMILES string of the molecule is CCC1=C(C)Cc2cc(O)c(OC)cc21. The Bertz CT molecular complexity index is 430. The van der Waals surface area contributed by atoms with E-state index in [1.165, 1.54) is 22.3 Å².